The summed E-state index contributed by atoms with van der Waals surface area (Å²) in [6, 6.07) is 6.21. The van der Waals surface area contributed by atoms with Crippen molar-refractivity contribution >= 4 is 11.0 Å². The Bertz CT molecular complexity index is 565. The van der Waals surface area contributed by atoms with Gasteiger partial charge in [0.25, 0.3) is 0 Å². The van der Waals surface area contributed by atoms with Gasteiger partial charge >= 0.3 is 0 Å². The maximum absolute atomic E-state index is 10.4. The number of rotatable bonds is 3. The number of nitrogens with zero attached hydrogens (tertiary/aromatic N) is 2. The van der Waals surface area contributed by atoms with Gasteiger partial charge in [-0.25, -0.2) is 4.98 Å². The molecule has 102 valence electrons. The van der Waals surface area contributed by atoms with Crippen molar-refractivity contribution in [3.8, 4) is 0 Å². The highest BCUT2D eigenvalue weighted by Gasteiger charge is 2.31. The number of aromatic amines is 1. The van der Waals surface area contributed by atoms with E-state index in [2.05, 4.69) is 33.9 Å². The molecule has 3 rings (SSSR count). The number of nitrogens with one attached hydrogen (secondary N) is 1. The highest BCUT2D eigenvalue weighted by molar-refractivity contribution is 5.75. The molecule has 2 aromatic heterocycles. The summed E-state index contributed by atoms with van der Waals surface area (Å²) in [5.41, 5.74) is 1.50. The molecule has 0 unspecified atom stereocenters. The number of hydrogen-bond acceptors (Lipinski definition) is 3. The Morgan fingerprint density at radius 1 is 1.42 bits per heavy atom. The van der Waals surface area contributed by atoms with Crippen LogP contribution in [0.1, 0.15) is 31.9 Å². The Balaban J connectivity index is 1.73. The Kier molecular flexibility index (Phi) is 3.29. The zero-order valence-electron chi connectivity index (χ0n) is 11.4. The molecular weight excluding hydrogens is 238 g/mol. The molecule has 1 aliphatic rings. The van der Waals surface area contributed by atoms with Crippen molar-refractivity contribution in [2.24, 2.45) is 0 Å². The minimum Gasteiger partial charge on any atom is -0.389 e. The van der Waals surface area contributed by atoms with E-state index in [1.807, 2.05) is 12.3 Å². The summed E-state index contributed by atoms with van der Waals surface area (Å²) >= 11 is 0. The second-order valence-electron chi connectivity index (χ2n) is 5.61. The van der Waals surface area contributed by atoms with Gasteiger partial charge < -0.3 is 10.1 Å². The Morgan fingerprint density at radius 3 is 3.16 bits per heavy atom. The van der Waals surface area contributed by atoms with E-state index >= 15 is 0 Å². The SMILES string of the molecule is CC[C@@]1(O)CCCN(Cc2ccc3cc[nH]c3n2)C1. The van der Waals surface area contributed by atoms with Crippen LogP contribution in [0.3, 0.4) is 0 Å². The van der Waals surface area contributed by atoms with Crippen LogP contribution >= 0.6 is 0 Å². The monoisotopic (exact) mass is 259 g/mol. The molecule has 1 fully saturated rings. The lowest BCUT2D eigenvalue weighted by Gasteiger charge is -2.38. The number of likely N-dealkylation sites (tertiary alicyclic amines) is 1. The van der Waals surface area contributed by atoms with E-state index in [4.69, 9.17) is 0 Å². The van der Waals surface area contributed by atoms with Gasteiger partial charge in [-0.05, 0) is 44.0 Å². The van der Waals surface area contributed by atoms with Crippen LogP contribution in [0.15, 0.2) is 24.4 Å². The fourth-order valence-electron chi connectivity index (χ4n) is 2.92. The fourth-order valence-corrected chi connectivity index (χ4v) is 2.92. The lowest BCUT2D eigenvalue weighted by molar-refractivity contribution is -0.0360. The fraction of sp³-hybridized carbons (Fsp3) is 0.533. The van der Waals surface area contributed by atoms with E-state index < -0.39 is 5.60 Å². The highest BCUT2D eigenvalue weighted by Crippen LogP contribution is 2.25. The zero-order valence-corrected chi connectivity index (χ0v) is 11.4. The lowest BCUT2D eigenvalue weighted by atomic mass is 9.90. The minimum absolute atomic E-state index is 0.505. The van der Waals surface area contributed by atoms with E-state index in [0.717, 1.165) is 55.6 Å². The molecule has 0 radical (unpaired) electrons. The minimum atomic E-state index is -0.505. The van der Waals surface area contributed by atoms with Gasteiger partial charge in [0.1, 0.15) is 5.65 Å². The number of H-pyrrole nitrogens is 1. The van der Waals surface area contributed by atoms with E-state index in [-0.39, 0.29) is 0 Å². The molecule has 0 aromatic carbocycles. The number of piperidine rings is 1. The van der Waals surface area contributed by atoms with E-state index in [9.17, 15) is 5.11 Å². The molecule has 4 nitrogen and oxygen atoms in total. The smallest absolute Gasteiger partial charge is 0.137 e. The number of aromatic nitrogens is 2. The van der Waals surface area contributed by atoms with Gasteiger partial charge in [-0.15, -0.1) is 0 Å². The van der Waals surface area contributed by atoms with Crippen LogP contribution < -0.4 is 0 Å². The van der Waals surface area contributed by atoms with Gasteiger partial charge in [0.05, 0.1) is 11.3 Å². The zero-order chi connectivity index (χ0) is 13.3. The Morgan fingerprint density at radius 2 is 2.32 bits per heavy atom. The largest absolute Gasteiger partial charge is 0.389 e. The molecule has 1 aliphatic heterocycles. The van der Waals surface area contributed by atoms with Crippen LogP contribution in [0.2, 0.25) is 0 Å². The van der Waals surface area contributed by atoms with Crippen molar-refractivity contribution in [3.63, 3.8) is 0 Å². The first kappa shape index (κ1) is 12.6. The molecule has 0 saturated carbocycles. The Labute approximate surface area is 113 Å². The maximum atomic E-state index is 10.4. The molecule has 2 aromatic rings. The molecule has 3 heterocycles. The summed E-state index contributed by atoms with van der Waals surface area (Å²) in [5, 5.41) is 11.5. The van der Waals surface area contributed by atoms with Gasteiger partial charge in [0, 0.05) is 24.7 Å². The number of hydrogen-bond donors (Lipinski definition) is 2. The molecular formula is C15H21N3O. The van der Waals surface area contributed by atoms with Crippen LogP contribution in [-0.4, -0.2) is 38.7 Å². The summed E-state index contributed by atoms with van der Waals surface area (Å²) in [6.45, 7) is 4.69. The van der Waals surface area contributed by atoms with Gasteiger partial charge in [0.15, 0.2) is 0 Å². The second kappa shape index (κ2) is 4.94. The van der Waals surface area contributed by atoms with Crippen molar-refractivity contribution < 1.29 is 5.11 Å². The van der Waals surface area contributed by atoms with Crippen LogP contribution in [-0.2, 0) is 6.54 Å². The topological polar surface area (TPSA) is 52.1 Å². The lowest BCUT2D eigenvalue weighted by Crippen LogP contribution is -2.47. The van der Waals surface area contributed by atoms with Gasteiger partial charge in [-0.3, -0.25) is 4.90 Å². The van der Waals surface area contributed by atoms with E-state index in [1.54, 1.807) is 0 Å². The van der Waals surface area contributed by atoms with Gasteiger partial charge in [-0.1, -0.05) is 6.92 Å². The first-order valence-corrected chi connectivity index (χ1v) is 7.06. The predicted molar refractivity (Wildman–Crippen MR) is 75.8 cm³/mol. The second-order valence-corrected chi connectivity index (χ2v) is 5.61. The standard InChI is InChI=1S/C15H21N3O/c1-2-15(19)7-3-9-18(11-15)10-13-5-4-12-6-8-16-14(12)17-13/h4-6,8,19H,2-3,7,9-11H2,1H3,(H,16,17)/t15-/m1/s1. The summed E-state index contributed by atoms with van der Waals surface area (Å²) in [5.74, 6) is 0. The summed E-state index contributed by atoms with van der Waals surface area (Å²) in [4.78, 5) is 10.1. The van der Waals surface area contributed by atoms with Crippen LogP contribution in [0.5, 0.6) is 0 Å². The molecule has 1 saturated heterocycles. The summed E-state index contributed by atoms with van der Waals surface area (Å²) in [6.07, 6.45) is 4.73. The van der Waals surface area contributed by atoms with Crippen molar-refractivity contribution in [2.75, 3.05) is 13.1 Å². The van der Waals surface area contributed by atoms with Crippen LogP contribution in [0.25, 0.3) is 11.0 Å². The molecule has 0 aliphatic carbocycles. The number of pyridine rings is 1. The Hall–Kier alpha value is -1.39. The average Bonchev–Trinajstić information content (AvgIpc) is 2.86. The molecule has 0 amide bonds. The van der Waals surface area contributed by atoms with Crippen molar-refractivity contribution in [3.05, 3.63) is 30.1 Å². The summed E-state index contributed by atoms with van der Waals surface area (Å²) < 4.78 is 0. The maximum Gasteiger partial charge on any atom is 0.137 e. The van der Waals surface area contributed by atoms with Crippen molar-refractivity contribution in [2.45, 2.75) is 38.3 Å². The number of aliphatic hydroxyl groups is 1. The van der Waals surface area contributed by atoms with Crippen molar-refractivity contribution in [1.29, 1.82) is 0 Å². The highest BCUT2D eigenvalue weighted by atomic mass is 16.3. The van der Waals surface area contributed by atoms with Crippen molar-refractivity contribution in [1.82, 2.24) is 14.9 Å². The first-order valence-electron chi connectivity index (χ1n) is 7.06. The third kappa shape index (κ3) is 2.65. The van der Waals surface area contributed by atoms with Crippen LogP contribution in [0.4, 0.5) is 0 Å². The quantitative estimate of drug-likeness (QED) is 0.889. The number of β-amino-alcohol motifs (C(OH)–C–C–N with tert-alkyl or cyclic N) is 1. The predicted octanol–water partition coefficient (Wildman–Crippen LogP) is 2.30. The van der Waals surface area contributed by atoms with Crippen LogP contribution in [0, 0.1) is 0 Å². The summed E-state index contributed by atoms with van der Waals surface area (Å²) in [7, 11) is 0. The average molecular weight is 259 g/mol. The van der Waals surface area contributed by atoms with E-state index in [0.29, 0.717) is 0 Å². The normalized spacial score (nSPS) is 24.9. The first-order chi connectivity index (χ1) is 9.18. The van der Waals surface area contributed by atoms with E-state index in [1.165, 1.54) is 0 Å². The third-order valence-electron chi connectivity index (χ3n) is 4.15. The molecule has 2 N–H and O–H groups in total. The molecule has 0 spiro atoms. The number of fused-ring (bicyclic) bond motifs is 1. The molecule has 4 heteroatoms. The van der Waals surface area contributed by atoms with Gasteiger partial charge in [0.2, 0.25) is 0 Å². The molecule has 19 heavy (non-hydrogen) atoms. The van der Waals surface area contributed by atoms with Gasteiger partial charge in [-0.2, -0.15) is 0 Å². The molecule has 0 bridgehead atoms. The molecule has 1 atom stereocenters. The third-order valence-corrected chi connectivity index (χ3v) is 4.15.